The molecule has 0 saturated heterocycles. The Kier molecular flexibility index (Phi) is 10.0. The second kappa shape index (κ2) is 11.8. The summed E-state index contributed by atoms with van der Waals surface area (Å²) in [5.74, 6) is 2.80. The average Bonchev–Trinajstić information content (AvgIpc) is 3.23. The van der Waals surface area contributed by atoms with Gasteiger partial charge in [0.2, 0.25) is 0 Å². The van der Waals surface area contributed by atoms with Crippen molar-refractivity contribution >= 4 is 29.9 Å². The summed E-state index contributed by atoms with van der Waals surface area (Å²) in [4.78, 5) is 4.60. The minimum Gasteiger partial charge on any atom is -0.357 e. The molecule has 0 unspecified atom stereocenters. The first-order chi connectivity index (χ1) is 11.8. The Labute approximate surface area is 165 Å². The minimum absolute atomic E-state index is 0. The van der Waals surface area contributed by atoms with E-state index in [-0.39, 0.29) is 24.0 Å². The molecule has 10 heteroatoms. The summed E-state index contributed by atoms with van der Waals surface area (Å²) in [5.41, 5.74) is 0. The number of aryl methyl sites for hydroxylation is 2. The van der Waals surface area contributed by atoms with Crippen LogP contribution in [0.15, 0.2) is 17.6 Å². The lowest BCUT2D eigenvalue weighted by atomic mass is 10.4. The predicted octanol–water partition coefficient (Wildman–Crippen LogP) is 0.868. The topological polar surface area (TPSA) is 97.8 Å². The second-order valence-electron chi connectivity index (χ2n) is 5.28. The number of nitrogens with one attached hydrogen (secondary N) is 2. The second-order valence-corrected chi connectivity index (χ2v) is 5.28. The molecule has 0 atom stereocenters. The summed E-state index contributed by atoms with van der Waals surface area (Å²) in [6.07, 6.45) is 5.28. The van der Waals surface area contributed by atoms with Crippen molar-refractivity contribution in [1.29, 1.82) is 0 Å². The normalized spacial score (nSPS) is 11.2. The molecule has 25 heavy (non-hydrogen) atoms. The van der Waals surface area contributed by atoms with Gasteiger partial charge in [0.1, 0.15) is 24.3 Å². The van der Waals surface area contributed by atoms with Crippen molar-refractivity contribution in [3.63, 3.8) is 0 Å². The fraction of sp³-hybridized carbons (Fsp3) is 0.667. The van der Waals surface area contributed by atoms with E-state index in [0.717, 1.165) is 56.6 Å². The van der Waals surface area contributed by atoms with Gasteiger partial charge in [0.15, 0.2) is 5.96 Å². The van der Waals surface area contributed by atoms with Crippen LogP contribution >= 0.6 is 24.0 Å². The van der Waals surface area contributed by atoms with E-state index in [2.05, 4.69) is 61.4 Å². The number of guanidine groups is 1. The molecule has 0 aliphatic rings. The van der Waals surface area contributed by atoms with Crippen LogP contribution in [0.5, 0.6) is 0 Å². The van der Waals surface area contributed by atoms with E-state index < -0.39 is 0 Å². The number of aliphatic imine (C=N–C) groups is 1. The zero-order valence-corrected chi connectivity index (χ0v) is 17.5. The third-order valence-electron chi connectivity index (χ3n) is 3.62. The Balaban J connectivity index is 0.00000312. The van der Waals surface area contributed by atoms with E-state index in [1.54, 1.807) is 12.7 Å². The number of halogens is 1. The van der Waals surface area contributed by atoms with Gasteiger partial charge in [-0.25, -0.2) is 0 Å². The molecule has 0 fully saturated rings. The Morgan fingerprint density at radius 3 is 2.12 bits per heavy atom. The summed E-state index contributed by atoms with van der Waals surface area (Å²) >= 11 is 0. The summed E-state index contributed by atoms with van der Waals surface area (Å²) in [7, 11) is 0. The van der Waals surface area contributed by atoms with Gasteiger partial charge < -0.3 is 19.8 Å². The van der Waals surface area contributed by atoms with Crippen molar-refractivity contribution < 1.29 is 0 Å². The van der Waals surface area contributed by atoms with Crippen molar-refractivity contribution in [2.45, 2.75) is 46.7 Å². The maximum atomic E-state index is 4.60. The highest BCUT2D eigenvalue weighted by Gasteiger charge is 2.03. The SMILES string of the molecule is CCNC(=NCCn1cnnc1CC)NCCn1cnnc1CC.I. The van der Waals surface area contributed by atoms with E-state index >= 15 is 0 Å². The zero-order chi connectivity index (χ0) is 17.2. The molecular formula is C15H28IN9. The maximum Gasteiger partial charge on any atom is 0.191 e. The Bertz CT molecular complexity index is 634. The van der Waals surface area contributed by atoms with Crippen LogP contribution in [0, 0.1) is 0 Å². The number of hydrogen-bond acceptors (Lipinski definition) is 5. The van der Waals surface area contributed by atoms with E-state index in [1.165, 1.54) is 0 Å². The molecular weight excluding hydrogens is 433 g/mol. The fourth-order valence-corrected chi connectivity index (χ4v) is 2.39. The number of rotatable bonds is 9. The highest BCUT2D eigenvalue weighted by molar-refractivity contribution is 14.0. The van der Waals surface area contributed by atoms with Gasteiger partial charge in [-0.2, -0.15) is 0 Å². The van der Waals surface area contributed by atoms with E-state index in [0.29, 0.717) is 6.54 Å². The van der Waals surface area contributed by atoms with Crippen LogP contribution in [0.25, 0.3) is 0 Å². The van der Waals surface area contributed by atoms with Gasteiger partial charge in [0.05, 0.1) is 6.54 Å². The Morgan fingerprint density at radius 2 is 1.56 bits per heavy atom. The monoisotopic (exact) mass is 461 g/mol. The summed E-state index contributed by atoms with van der Waals surface area (Å²) in [5, 5.41) is 22.7. The summed E-state index contributed by atoms with van der Waals surface area (Å²) in [6.45, 7) is 10.1. The number of aromatic nitrogens is 6. The Hall–Kier alpha value is -1.72. The first kappa shape index (κ1) is 21.3. The third-order valence-corrected chi connectivity index (χ3v) is 3.62. The zero-order valence-electron chi connectivity index (χ0n) is 15.1. The van der Waals surface area contributed by atoms with Gasteiger partial charge in [0, 0.05) is 39.0 Å². The lowest BCUT2D eigenvalue weighted by Gasteiger charge is -2.12. The van der Waals surface area contributed by atoms with Gasteiger partial charge in [0.25, 0.3) is 0 Å². The fourth-order valence-electron chi connectivity index (χ4n) is 2.39. The van der Waals surface area contributed by atoms with Gasteiger partial charge in [-0.15, -0.1) is 44.4 Å². The minimum atomic E-state index is 0. The smallest absolute Gasteiger partial charge is 0.191 e. The van der Waals surface area contributed by atoms with Crippen molar-refractivity contribution in [3.8, 4) is 0 Å². The van der Waals surface area contributed by atoms with Crippen LogP contribution < -0.4 is 10.6 Å². The highest BCUT2D eigenvalue weighted by Crippen LogP contribution is 1.96. The van der Waals surface area contributed by atoms with Crippen LogP contribution in [-0.2, 0) is 25.9 Å². The molecule has 0 bridgehead atoms. The van der Waals surface area contributed by atoms with Crippen LogP contribution in [0.1, 0.15) is 32.4 Å². The van der Waals surface area contributed by atoms with Gasteiger partial charge >= 0.3 is 0 Å². The van der Waals surface area contributed by atoms with E-state index in [1.807, 2.05) is 4.57 Å². The highest BCUT2D eigenvalue weighted by atomic mass is 127. The number of nitrogens with zero attached hydrogens (tertiary/aromatic N) is 7. The lowest BCUT2D eigenvalue weighted by Crippen LogP contribution is -2.39. The molecule has 0 spiro atoms. The molecule has 0 aliphatic heterocycles. The molecule has 0 saturated carbocycles. The molecule has 0 aromatic carbocycles. The molecule has 0 radical (unpaired) electrons. The summed E-state index contributed by atoms with van der Waals surface area (Å²) < 4.78 is 4.10. The van der Waals surface area contributed by atoms with Crippen LogP contribution in [0.3, 0.4) is 0 Å². The van der Waals surface area contributed by atoms with Gasteiger partial charge in [-0.1, -0.05) is 13.8 Å². The van der Waals surface area contributed by atoms with Gasteiger partial charge in [-0.05, 0) is 6.92 Å². The maximum absolute atomic E-state index is 4.60. The molecule has 2 aromatic heterocycles. The predicted molar refractivity (Wildman–Crippen MR) is 108 cm³/mol. The molecule has 0 amide bonds. The van der Waals surface area contributed by atoms with Crippen LogP contribution in [0.4, 0.5) is 0 Å². The molecule has 0 aliphatic carbocycles. The lowest BCUT2D eigenvalue weighted by molar-refractivity contribution is 0.627. The molecule has 140 valence electrons. The average molecular weight is 461 g/mol. The van der Waals surface area contributed by atoms with Crippen molar-refractivity contribution in [2.24, 2.45) is 4.99 Å². The quantitative estimate of drug-likeness (QED) is 0.327. The standard InChI is InChI=1S/C15H27N9.HI/c1-4-13-21-19-11-23(13)9-7-17-15(16-6-3)18-8-10-24-12-20-22-14(24)5-2;/h11-12H,4-10H2,1-3H3,(H2,16,17,18);1H. The van der Waals surface area contributed by atoms with Crippen LogP contribution in [-0.4, -0.2) is 55.1 Å². The van der Waals surface area contributed by atoms with Gasteiger partial charge in [-0.3, -0.25) is 4.99 Å². The van der Waals surface area contributed by atoms with E-state index in [9.17, 15) is 0 Å². The largest absolute Gasteiger partial charge is 0.357 e. The van der Waals surface area contributed by atoms with Crippen molar-refractivity contribution in [3.05, 3.63) is 24.3 Å². The first-order valence-corrected chi connectivity index (χ1v) is 8.54. The molecule has 2 rings (SSSR count). The van der Waals surface area contributed by atoms with Crippen molar-refractivity contribution in [1.82, 2.24) is 40.2 Å². The molecule has 9 nitrogen and oxygen atoms in total. The van der Waals surface area contributed by atoms with Crippen LogP contribution in [0.2, 0.25) is 0 Å². The van der Waals surface area contributed by atoms with E-state index in [4.69, 9.17) is 0 Å². The first-order valence-electron chi connectivity index (χ1n) is 8.54. The molecule has 2 aromatic rings. The third kappa shape index (κ3) is 6.59. The Morgan fingerprint density at radius 1 is 0.960 bits per heavy atom. The van der Waals surface area contributed by atoms with Crippen molar-refractivity contribution in [2.75, 3.05) is 19.6 Å². The molecule has 2 heterocycles. The number of hydrogen-bond donors (Lipinski definition) is 2. The molecule has 2 N–H and O–H groups in total. The summed E-state index contributed by atoms with van der Waals surface area (Å²) in [6, 6.07) is 0.